The number of rotatable bonds is 3. The highest BCUT2D eigenvalue weighted by Crippen LogP contribution is 2.23. The Hall–Kier alpha value is -0.500. The summed E-state index contributed by atoms with van der Waals surface area (Å²) in [6, 6.07) is 0. The molecular weight excluding hydrogens is 188 g/mol. The lowest BCUT2D eigenvalue weighted by Gasteiger charge is -2.21. The van der Waals surface area contributed by atoms with Crippen LogP contribution in [0.1, 0.15) is 44.9 Å². The summed E-state index contributed by atoms with van der Waals surface area (Å²) in [6.07, 6.45) is 11.1. The van der Waals surface area contributed by atoms with Gasteiger partial charge in [0, 0.05) is 12.5 Å². The molecule has 1 heterocycles. The zero-order valence-electron chi connectivity index (χ0n) is 9.54. The first kappa shape index (κ1) is 11.0. The van der Waals surface area contributed by atoms with Gasteiger partial charge in [-0.2, -0.15) is 0 Å². The Morgan fingerprint density at radius 1 is 1.20 bits per heavy atom. The molecule has 1 atom stereocenters. The van der Waals surface area contributed by atoms with E-state index in [-0.39, 0.29) is 0 Å². The van der Waals surface area contributed by atoms with Crippen molar-refractivity contribution in [2.24, 2.45) is 5.92 Å². The summed E-state index contributed by atoms with van der Waals surface area (Å²) in [6.45, 7) is 2.68. The summed E-state index contributed by atoms with van der Waals surface area (Å²) < 4.78 is 11.1. The second-order valence-corrected chi connectivity index (χ2v) is 4.75. The van der Waals surface area contributed by atoms with Crippen molar-refractivity contribution in [2.45, 2.75) is 44.9 Å². The minimum absolute atomic E-state index is 0.624. The van der Waals surface area contributed by atoms with E-state index in [2.05, 4.69) is 0 Å². The highest BCUT2D eigenvalue weighted by Gasteiger charge is 2.14. The van der Waals surface area contributed by atoms with Gasteiger partial charge in [0.05, 0.1) is 19.5 Å². The number of hydrogen-bond acceptors (Lipinski definition) is 2. The van der Waals surface area contributed by atoms with E-state index in [9.17, 15) is 0 Å². The SMILES string of the molecule is C(OCC1CCCOC1)=C1CCCCC1. The molecule has 86 valence electrons. The second kappa shape index (κ2) is 6.16. The average molecular weight is 210 g/mol. The van der Waals surface area contributed by atoms with Crippen LogP contribution in [0.3, 0.4) is 0 Å². The van der Waals surface area contributed by atoms with Crippen LogP contribution in [0.2, 0.25) is 0 Å². The molecule has 15 heavy (non-hydrogen) atoms. The minimum Gasteiger partial charge on any atom is -0.501 e. The predicted molar refractivity (Wildman–Crippen MR) is 60.7 cm³/mol. The van der Waals surface area contributed by atoms with Gasteiger partial charge < -0.3 is 9.47 Å². The molecule has 0 aromatic rings. The van der Waals surface area contributed by atoms with Crippen molar-refractivity contribution in [3.8, 4) is 0 Å². The van der Waals surface area contributed by atoms with Crippen molar-refractivity contribution >= 4 is 0 Å². The Labute approximate surface area is 92.6 Å². The summed E-state index contributed by atoms with van der Waals surface area (Å²) in [7, 11) is 0. The Morgan fingerprint density at radius 2 is 2.07 bits per heavy atom. The van der Waals surface area contributed by atoms with Crippen LogP contribution in [0.25, 0.3) is 0 Å². The molecule has 2 fully saturated rings. The Bertz CT molecular complexity index is 197. The number of allylic oxidation sites excluding steroid dienone is 1. The highest BCUT2D eigenvalue weighted by molar-refractivity contribution is 5.00. The van der Waals surface area contributed by atoms with Gasteiger partial charge >= 0.3 is 0 Å². The van der Waals surface area contributed by atoms with Crippen molar-refractivity contribution in [3.63, 3.8) is 0 Å². The van der Waals surface area contributed by atoms with Crippen LogP contribution in [-0.4, -0.2) is 19.8 Å². The third-order valence-corrected chi connectivity index (χ3v) is 3.33. The van der Waals surface area contributed by atoms with Gasteiger partial charge in [0.15, 0.2) is 0 Å². The standard InChI is InChI=1S/C13H22O2/c1-2-5-12(6-3-1)9-15-11-13-7-4-8-14-10-13/h9,13H,1-8,10-11H2. The molecule has 0 spiro atoms. The van der Waals surface area contributed by atoms with E-state index in [0.29, 0.717) is 5.92 Å². The molecule has 1 saturated heterocycles. The fraction of sp³-hybridized carbons (Fsp3) is 0.846. The molecule has 1 unspecified atom stereocenters. The van der Waals surface area contributed by atoms with Gasteiger partial charge in [-0.1, -0.05) is 6.42 Å². The lowest BCUT2D eigenvalue weighted by atomic mass is 9.96. The van der Waals surface area contributed by atoms with E-state index in [1.807, 2.05) is 6.26 Å². The molecule has 2 heteroatoms. The van der Waals surface area contributed by atoms with Crippen LogP contribution in [0.4, 0.5) is 0 Å². The molecule has 0 amide bonds. The first-order valence-electron chi connectivity index (χ1n) is 6.32. The predicted octanol–water partition coefficient (Wildman–Crippen LogP) is 3.28. The topological polar surface area (TPSA) is 18.5 Å². The quantitative estimate of drug-likeness (QED) is 0.665. The first-order chi connectivity index (χ1) is 7.45. The molecule has 2 nitrogen and oxygen atoms in total. The summed E-state index contributed by atoms with van der Waals surface area (Å²) in [5, 5.41) is 0. The number of ether oxygens (including phenoxy) is 2. The first-order valence-corrected chi connectivity index (χ1v) is 6.32. The van der Waals surface area contributed by atoms with Gasteiger partial charge in [-0.3, -0.25) is 0 Å². The molecule has 0 aromatic heterocycles. The van der Waals surface area contributed by atoms with E-state index >= 15 is 0 Å². The normalized spacial score (nSPS) is 27.5. The fourth-order valence-corrected chi connectivity index (χ4v) is 2.36. The molecule has 2 aliphatic rings. The minimum atomic E-state index is 0.624. The van der Waals surface area contributed by atoms with Crippen LogP contribution in [-0.2, 0) is 9.47 Å². The lowest BCUT2D eigenvalue weighted by molar-refractivity contribution is 0.0263. The molecule has 0 bridgehead atoms. The van der Waals surface area contributed by atoms with E-state index in [1.165, 1.54) is 50.5 Å². The third-order valence-electron chi connectivity index (χ3n) is 3.33. The van der Waals surface area contributed by atoms with Crippen LogP contribution in [0.15, 0.2) is 11.8 Å². The van der Waals surface area contributed by atoms with Crippen molar-refractivity contribution < 1.29 is 9.47 Å². The van der Waals surface area contributed by atoms with E-state index in [0.717, 1.165) is 19.8 Å². The molecule has 2 rings (SSSR count). The molecule has 1 saturated carbocycles. The lowest BCUT2D eigenvalue weighted by Crippen LogP contribution is -2.21. The van der Waals surface area contributed by atoms with Gasteiger partial charge in [0.25, 0.3) is 0 Å². The maximum atomic E-state index is 5.67. The Kier molecular flexibility index (Phi) is 4.52. The summed E-state index contributed by atoms with van der Waals surface area (Å²) in [5.41, 5.74) is 1.51. The van der Waals surface area contributed by atoms with Crippen LogP contribution in [0, 0.1) is 5.92 Å². The Balaban J connectivity index is 1.64. The third kappa shape index (κ3) is 3.86. The van der Waals surface area contributed by atoms with Crippen molar-refractivity contribution in [1.29, 1.82) is 0 Å². The maximum absolute atomic E-state index is 5.67. The average Bonchev–Trinajstić information content (AvgIpc) is 2.32. The molecule has 1 aliphatic heterocycles. The summed E-state index contributed by atoms with van der Waals surface area (Å²) in [5.74, 6) is 0.624. The summed E-state index contributed by atoms with van der Waals surface area (Å²) in [4.78, 5) is 0. The fourth-order valence-electron chi connectivity index (χ4n) is 2.36. The highest BCUT2D eigenvalue weighted by atomic mass is 16.5. The zero-order valence-corrected chi connectivity index (χ0v) is 9.54. The molecule has 0 radical (unpaired) electrons. The molecule has 0 N–H and O–H groups in total. The van der Waals surface area contributed by atoms with E-state index in [1.54, 1.807) is 0 Å². The van der Waals surface area contributed by atoms with Crippen LogP contribution in [0.5, 0.6) is 0 Å². The number of hydrogen-bond donors (Lipinski definition) is 0. The van der Waals surface area contributed by atoms with E-state index < -0.39 is 0 Å². The zero-order chi connectivity index (χ0) is 10.3. The summed E-state index contributed by atoms with van der Waals surface area (Å²) >= 11 is 0. The van der Waals surface area contributed by atoms with E-state index in [4.69, 9.17) is 9.47 Å². The van der Waals surface area contributed by atoms with Crippen molar-refractivity contribution in [1.82, 2.24) is 0 Å². The van der Waals surface area contributed by atoms with Gasteiger partial charge in [-0.05, 0) is 44.1 Å². The van der Waals surface area contributed by atoms with Crippen LogP contribution >= 0.6 is 0 Å². The van der Waals surface area contributed by atoms with Crippen molar-refractivity contribution in [2.75, 3.05) is 19.8 Å². The van der Waals surface area contributed by atoms with Gasteiger partial charge in [0.2, 0.25) is 0 Å². The molecule has 0 aromatic carbocycles. The van der Waals surface area contributed by atoms with Crippen molar-refractivity contribution in [3.05, 3.63) is 11.8 Å². The second-order valence-electron chi connectivity index (χ2n) is 4.75. The maximum Gasteiger partial charge on any atom is 0.0923 e. The van der Waals surface area contributed by atoms with Gasteiger partial charge in [-0.25, -0.2) is 0 Å². The van der Waals surface area contributed by atoms with Gasteiger partial charge in [-0.15, -0.1) is 0 Å². The van der Waals surface area contributed by atoms with Crippen LogP contribution < -0.4 is 0 Å². The molecule has 1 aliphatic carbocycles. The largest absolute Gasteiger partial charge is 0.501 e. The van der Waals surface area contributed by atoms with Gasteiger partial charge in [0.1, 0.15) is 0 Å². The smallest absolute Gasteiger partial charge is 0.0923 e. The Morgan fingerprint density at radius 3 is 2.80 bits per heavy atom. The monoisotopic (exact) mass is 210 g/mol. The molecular formula is C13H22O2.